The normalized spacial score (nSPS) is 15.2. The van der Waals surface area contributed by atoms with E-state index in [1.807, 2.05) is 12.2 Å². The molecule has 0 saturated heterocycles. The summed E-state index contributed by atoms with van der Waals surface area (Å²) in [6, 6.07) is 0. The Morgan fingerprint density at radius 3 is 3.17 bits per heavy atom. The second kappa shape index (κ2) is 2.95. The number of thiol groups is 1. The maximum atomic E-state index is 5.57. The van der Waals surface area contributed by atoms with Crippen molar-refractivity contribution in [3.63, 3.8) is 0 Å². The van der Waals surface area contributed by atoms with Crippen LogP contribution in [0.4, 0.5) is 5.13 Å². The molecule has 0 bridgehead atoms. The van der Waals surface area contributed by atoms with Crippen LogP contribution in [0, 0.1) is 0 Å². The number of nitrogens with zero attached hydrogens (tertiary/aromatic N) is 1. The van der Waals surface area contributed by atoms with E-state index in [1.165, 1.54) is 11.3 Å². The van der Waals surface area contributed by atoms with Gasteiger partial charge in [0.1, 0.15) is 0 Å². The zero-order valence-electron chi connectivity index (χ0n) is 6.32. The van der Waals surface area contributed by atoms with Gasteiger partial charge in [-0.2, -0.15) is 0 Å². The molecular formula is C8H8N2S2. The second-order valence-corrected chi connectivity index (χ2v) is 4.17. The van der Waals surface area contributed by atoms with Gasteiger partial charge in [0.25, 0.3) is 0 Å². The largest absolute Gasteiger partial charge is 0.375 e. The highest BCUT2D eigenvalue weighted by Crippen LogP contribution is 2.09. The maximum Gasteiger partial charge on any atom is 0.181 e. The lowest BCUT2D eigenvalue weighted by Crippen LogP contribution is -2.19. The minimum atomic E-state index is 0.628. The summed E-state index contributed by atoms with van der Waals surface area (Å²) >= 11 is 5.80. The first-order valence-electron chi connectivity index (χ1n) is 3.58. The van der Waals surface area contributed by atoms with Crippen molar-refractivity contribution in [2.24, 2.45) is 0 Å². The zero-order chi connectivity index (χ0) is 8.55. The molecule has 62 valence electrons. The fourth-order valence-electron chi connectivity index (χ4n) is 1.07. The molecule has 0 spiro atoms. The lowest BCUT2D eigenvalue weighted by atomic mass is 10.4. The van der Waals surface area contributed by atoms with E-state index < -0.39 is 0 Å². The first-order chi connectivity index (χ1) is 5.75. The Labute approximate surface area is 79.5 Å². The number of anilines is 1. The van der Waals surface area contributed by atoms with Gasteiger partial charge in [0.2, 0.25) is 0 Å². The van der Waals surface area contributed by atoms with Crippen molar-refractivity contribution in [2.45, 2.75) is 6.42 Å². The fourth-order valence-corrected chi connectivity index (χ4v) is 1.99. The van der Waals surface area contributed by atoms with E-state index in [9.17, 15) is 0 Å². The molecule has 0 aliphatic heterocycles. The van der Waals surface area contributed by atoms with E-state index in [4.69, 9.17) is 5.73 Å². The minimum absolute atomic E-state index is 0.628. The standard InChI is InChI=1S/C8H8N2S2/c9-8-10-6-3-1-5(11)2-4-7(6)12-8/h1,3-4,11H,2H2,(H2,9,10). The van der Waals surface area contributed by atoms with Crippen LogP contribution in [-0.2, 0) is 0 Å². The molecule has 0 atom stereocenters. The van der Waals surface area contributed by atoms with Crippen LogP contribution in [0.5, 0.6) is 0 Å². The summed E-state index contributed by atoms with van der Waals surface area (Å²) < 4.78 is 1.15. The maximum absolute atomic E-state index is 5.57. The molecule has 1 aromatic rings. The van der Waals surface area contributed by atoms with Crippen LogP contribution >= 0.6 is 24.0 Å². The SMILES string of the molecule is Nc1nc2c(s1)=CCC(S)=CC=2. The van der Waals surface area contributed by atoms with Crippen LogP contribution in [0.3, 0.4) is 0 Å². The molecular weight excluding hydrogens is 188 g/mol. The third kappa shape index (κ3) is 1.40. The number of hydrogen-bond acceptors (Lipinski definition) is 4. The first-order valence-corrected chi connectivity index (χ1v) is 4.84. The predicted molar refractivity (Wildman–Crippen MR) is 56.4 cm³/mol. The van der Waals surface area contributed by atoms with E-state index in [0.29, 0.717) is 5.13 Å². The van der Waals surface area contributed by atoms with E-state index in [0.717, 1.165) is 21.2 Å². The lowest BCUT2D eigenvalue weighted by molar-refractivity contribution is 1.32. The molecule has 0 radical (unpaired) electrons. The van der Waals surface area contributed by atoms with E-state index in [-0.39, 0.29) is 0 Å². The predicted octanol–water partition coefficient (Wildman–Crippen LogP) is 0.504. The number of thiazole rings is 1. The summed E-state index contributed by atoms with van der Waals surface area (Å²) in [6.07, 6.45) is 6.89. The number of fused-ring (bicyclic) bond motifs is 1. The zero-order valence-corrected chi connectivity index (χ0v) is 8.03. The summed E-state index contributed by atoms with van der Waals surface area (Å²) in [4.78, 5) is 5.23. The Balaban J connectivity index is 2.70. The second-order valence-electron chi connectivity index (χ2n) is 2.53. The van der Waals surface area contributed by atoms with E-state index in [2.05, 4.69) is 23.7 Å². The van der Waals surface area contributed by atoms with Crippen LogP contribution in [0.2, 0.25) is 0 Å². The molecule has 4 heteroatoms. The monoisotopic (exact) mass is 196 g/mol. The van der Waals surface area contributed by atoms with Crippen molar-refractivity contribution >= 4 is 41.2 Å². The van der Waals surface area contributed by atoms with Gasteiger partial charge in [-0.1, -0.05) is 23.5 Å². The molecule has 1 aliphatic carbocycles. The van der Waals surface area contributed by atoms with Crippen LogP contribution in [-0.4, -0.2) is 4.98 Å². The number of hydrogen-bond donors (Lipinski definition) is 2. The Morgan fingerprint density at radius 2 is 2.33 bits per heavy atom. The molecule has 2 nitrogen and oxygen atoms in total. The summed E-state index contributed by atoms with van der Waals surface area (Å²) in [5.41, 5.74) is 5.57. The fraction of sp³-hybridized carbons (Fsp3) is 0.125. The molecule has 1 aromatic heterocycles. The Bertz CT molecular complexity index is 442. The van der Waals surface area contributed by atoms with Gasteiger partial charge in [0.05, 0.1) is 9.88 Å². The van der Waals surface area contributed by atoms with Gasteiger partial charge in [-0.3, -0.25) is 0 Å². The van der Waals surface area contributed by atoms with Gasteiger partial charge >= 0.3 is 0 Å². The average molecular weight is 196 g/mol. The van der Waals surface area contributed by atoms with Crippen molar-refractivity contribution in [1.29, 1.82) is 0 Å². The van der Waals surface area contributed by atoms with Gasteiger partial charge in [0.15, 0.2) is 5.13 Å². The molecule has 0 saturated carbocycles. The number of rotatable bonds is 0. The highest BCUT2D eigenvalue weighted by Gasteiger charge is 1.97. The Kier molecular flexibility index (Phi) is 1.94. The highest BCUT2D eigenvalue weighted by molar-refractivity contribution is 7.84. The van der Waals surface area contributed by atoms with Crippen LogP contribution < -0.4 is 15.6 Å². The molecule has 0 amide bonds. The molecule has 1 heterocycles. The van der Waals surface area contributed by atoms with E-state index in [1.54, 1.807) is 0 Å². The Hall–Kier alpha value is -0.740. The van der Waals surface area contributed by atoms with Crippen molar-refractivity contribution < 1.29 is 0 Å². The summed E-state index contributed by atoms with van der Waals surface area (Å²) in [5.74, 6) is 0. The van der Waals surface area contributed by atoms with Gasteiger partial charge < -0.3 is 5.73 Å². The van der Waals surface area contributed by atoms with Crippen LogP contribution in [0.15, 0.2) is 11.0 Å². The smallest absolute Gasteiger partial charge is 0.181 e. The van der Waals surface area contributed by atoms with E-state index >= 15 is 0 Å². The number of nitrogen functional groups attached to an aromatic ring is 1. The molecule has 0 fully saturated rings. The first kappa shape index (κ1) is 7.89. The van der Waals surface area contributed by atoms with Gasteiger partial charge in [-0.15, -0.1) is 12.6 Å². The number of nitrogens with two attached hydrogens (primary N) is 1. The van der Waals surface area contributed by atoms with Crippen molar-refractivity contribution in [3.05, 3.63) is 20.9 Å². The third-order valence-corrected chi connectivity index (χ3v) is 2.86. The Morgan fingerprint density at radius 1 is 1.50 bits per heavy atom. The summed E-state index contributed by atoms with van der Waals surface area (Å²) in [6.45, 7) is 0. The van der Waals surface area contributed by atoms with Gasteiger partial charge in [-0.05, 0) is 17.4 Å². The lowest BCUT2D eigenvalue weighted by Gasteiger charge is -1.86. The van der Waals surface area contributed by atoms with Crippen LogP contribution in [0.25, 0.3) is 12.2 Å². The van der Waals surface area contributed by atoms with Crippen molar-refractivity contribution in [1.82, 2.24) is 4.98 Å². The topological polar surface area (TPSA) is 38.9 Å². The molecule has 0 aromatic carbocycles. The molecule has 2 rings (SSSR count). The average Bonchev–Trinajstić information content (AvgIpc) is 2.31. The summed E-state index contributed by atoms with van der Waals surface area (Å²) in [5, 5.41) is 1.59. The van der Waals surface area contributed by atoms with Crippen molar-refractivity contribution in [3.8, 4) is 0 Å². The molecule has 0 unspecified atom stereocenters. The number of aromatic nitrogens is 1. The van der Waals surface area contributed by atoms with Gasteiger partial charge in [-0.25, -0.2) is 4.98 Å². The number of allylic oxidation sites excluding steroid dienone is 2. The molecule has 1 aliphatic rings. The molecule has 2 N–H and O–H groups in total. The molecule has 12 heavy (non-hydrogen) atoms. The van der Waals surface area contributed by atoms with Crippen molar-refractivity contribution in [2.75, 3.05) is 5.73 Å². The quantitative estimate of drug-likeness (QED) is 0.593. The minimum Gasteiger partial charge on any atom is -0.375 e. The highest BCUT2D eigenvalue weighted by atomic mass is 32.1. The van der Waals surface area contributed by atoms with Crippen LogP contribution in [0.1, 0.15) is 6.42 Å². The van der Waals surface area contributed by atoms with Gasteiger partial charge in [0, 0.05) is 0 Å². The third-order valence-electron chi connectivity index (χ3n) is 1.63. The summed E-state index contributed by atoms with van der Waals surface area (Å²) in [7, 11) is 0.